The van der Waals surface area contributed by atoms with E-state index in [4.69, 9.17) is 9.47 Å². The molecule has 2 saturated heterocycles. The zero-order valence-electron chi connectivity index (χ0n) is 27.7. The van der Waals surface area contributed by atoms with Crippen molar-refractivity contribution in [2.45, 2.75) is 76.6 Å². The Morgan fingerprint density at radius 1 is 0.959 bits per heavy atom. The summed E-state index contributed by atoms with van der Waals surface area (Å²) in [4.78, 5) is 81.5. The van der Waals surface area contributed by atoms with Crippen LogP contribution in [0.3, 0.4) is 0 Å². The third kappa shape index (κ3) is 8.86. The molecule has 0 bridgehead atoms. The number of carboxylic acid groups (broad SMARTS) is 1. The lowest BCUT2D eigenvalue weighted by molar-refractivity contribution is -0.143. The summed E-state index contributed by atoms with van der Waals surface area (Å²) in [5.74, 6) is -2.82. The first-order chi connectivity index (χ1) is 23.5. The van der Waals surface area contributed by atoms with E-state index in [-0.39, 0.29) is 75.1 Å². The largest absolute Gasteiger partial charge is 0.481 e. The van der Waals surface area contributed by atoms with Crippen molar-refractivity contribution >= 4 is 35.7 Å². The molecule has 1 aliphatic carbocycles. The molecule has 16 nitrogen and oxygen atoms in total. The summed E-state index contributed by atoms with van der Waals surface area (Å²) in [6.07, 6.45) is 1.08. The predicted octanol–water partition coefficient (Wildman–Crippen LogP) is 1.17. The molecule has 3 N–H and O–H groups in total. The highest BCUT2D eigenvalue weighted by atomic mass is 16.6. The lowest BCUT2D eigenvalue weighted by atomic mass is 10.1. The van der Waals surface area contributed by atoms with E-state index in [0.717, 1.165) is 12.8 Å². The van der Waals surface area contributed by atoms with Crippen LogP contribution in [0.25, 0.3) is 5.69 Å². The van der Waals surface area contributed by atoms with E-state index in [1.165, 1.54) is 25.4 Å². The number of hydrogen-bond donors (Lipinski definition) is 3. The zero-order chi connectivity index (χ0) is 35.1. The van der Waals surface area contributed by atoms with Gasteiger partial charge in [0.15, 0.2) is 11.8 Å². The van der Waals surface area contributed by atoms with Crippen LogP contribution in [-0.4, -0.2) is 129 Å². The number of likely N-dealkylation sites (tertiary alicyclic amines) is 1. The van der Waals surface area contributed by atoms with Crippen molar-refractivity contribution in [2.24, 2.45) is 0 Å². The molecule has 49 heavy (non-hydrogen) atoms. The quantitative estimate of drug-likeness (QED) is 0.277. The average Bonchev–Trinajstić information content (AvgIpc) is 3.59. The first-order valence-corrected chi connectivity index (χ1v) is 16.7. The molecule has 3 heterocycles. The maximum atomic E-state index is 13.6. The van der Waals surface area contributed by atoms with Crippen molar-refractivity contribution in [1.82, 2.24) is 35.1 Å². The Kier molecular flexibility index (Phi) is 11.4. The van der Waals surface area contributed by atoms with Gasteiger partial charge in [0.25, 0.3) is 11.8 Å². The maximum Gasteiger partial charge on any atom is 0.409 e. The first-order valence-electron chi connectivity index (χ1n) is 16.7. The highest BCUT2D eigenvalue weighted by Gasteiger charge is 2.39. The number of hydrogen-bond acceptors (Lipinski definition) is 9. The second kappa shape index (κ2) is 15.8. The van der Waals surface area contributed by atoms with Gasteiger partial charge in [-0.15, -0.1) is 0 Å². The third-order valence-electron chi connectivity index (χ3n) is 8.69. The Bertz CT molecular complexity index is 1540. The van der Waals surface area contributed by atoms with Crippen LogP contribution < -0.4 is 15.4 Å². The fourth-order valence-corrected chi connectivity index (χ4v) is 5.91. The average molecular weight is 682 g/mol. The Labute approximate surface area is 283 Å². The second-order valence-electron chi connectivity index (χ2n) is 12.3. The Hall–Kier alpha value is -5.15. The monoisotopic (exact) mass is 681 g/mol. The number of ether oxygens (including phenoxy) is 2. The molecule has 0 spiro atoms. The van der Waals surface area contributed by atoms with Gasteiger partial charge in [-0.25, -0.2) is 9.48 Å². The minimum absolute atomic E-state index is 0.0823. The number of para-hydroxylation sites is 1. The van der Waals surface area contributed by atoms with Gasteiger partial charge in [0.1, 0.15) is 12.1 Å². The van der Waals surface area contributed by atoms with Crippen LogP contribution in [0, 0.1) is 0 Å². The van der Waals surface area contributed by atoms with Crippen molar-refractivity contribution in [2.75, 3.05) is 39.3 Å². The van der Waals surface area contributed by atoms with Crippen LogP contribution in [0.1, 0.15) is 62.9 Å². The highest BCUT2D eigenvalue weighted by molar-refractivity contribution is 5.96. The van der Waals surface area contributed by atoms with Gasteiger partial charge in [0.05, 0.1) is 12.3 Å². The number of benzene rings is 1. The van der Waals surface area contributed by atoms with Gasteiger partial charge in [0.2, 0.25) is 17.7 Å². The lowest BCUT2D eigenvalue weighted by Crippen LogP contribution is -2.56. The van der Waals surface area contributed by atoms with E-state index in [1.807, 2.05) is 0 Å². The summed E-state index contributed by atoms with van der Waals surface area (Å²) < 4.78 is 12.5. The summed E-state index contributed by atoms with van der Waals surface area (Å²) >= 11 is 0. The first kappa shape index (κ1) is 35.2. The lowest BCUT2D eigenvalue weighted by Gasteiger charge is -2.35. The van der Waals surface area contributed by atoms with Crippen molar-refractivity contribution in [1.29, 1.82) is 0 Å². The van der Waals surface area contributed by atoms with Crippen molar-refractivity contribution in [3.05, 3.63) is 42.1 Å². The molecule has 5 rings (SSSR count). The molecule has 16 heteroatoms. The van der Waals surface area contributed by atoms with Crippen LogP contribution in [0.15, 0.2) is 36.4 Å². The van der Waals surface area contributed by atoms with Crippen LogP contribution in [-0.2, 0) is 23.9 Å². The molecule has 3 fully saturated rings. The Balaban J connectivity index is 1.31. The molecule has 3 aliphatic rings. The van der Waals surface area contributed by atoms with Crippen molar-refractivity contribution < 1.29 is 43.3 Å². The number of aliphatic carboxylic acids is 1. The molecule has 2 aliphatic heterocycles. The maximum absolute atomic E-state index is 13.6. The number of carbonyl (C=O) groups is 6. The van der Waals surface area contributed by atoms with Crippen LogP contribution in [0.5, 0.6) is 5.88 Å². The van der Waals surface area contributed by atoms with Crippen molar-refractivity contribution in [3.8, 4) is 11.6 Å². The number of carboxylic acids is 1. The predicted molar refractivity (Wildman–Crippen MR) is 173 cm³/mol. The summed E-state index contributed by atoms with van der Waals surface area (Å²) in [5.41, 5.74) is 0.415. The van der Waals surface area contributed by atoms with Gasteiger partial charge >= 0.3 is 12.1 Å². The van der Waals surface area contributed by atoms with Gasteiger partial charge in [0, 0.05) is 51.3 Å². The SMILES string of the molecule is CCOC(=O)N1CCN(C(=O)[C@H](CCC(=O)O)NC(=O)c2cc(OC(C)C(=O)N3CCC[C@H]3C(=O)NC3CC3)n(-c3ccccc3)n2)CC1. The number of nitrogens with zero attached hydrogens (tertiary/aromatic N) is 5. The Morgan fingerprint density at radius 3 is 2.31 bits per heavy atom. The molecule has 1 saturated carbocycles. The van der Waals surface area contributed by atoms with Crippen LogP contribution >= 0.6 is 0 Å². The minimum atomic E-state index is -1.18. The molecule has 264 valence electrons. The van der Waals surface area contributed by atoms with Gasteiger partial charge in [-0.2, -0.15) is 5.10 Å². The standard InChI is InChI=1S/C33H43N7O9/c1-3-48-33(47)38-18-16-37(17-19-38)32(46)24(13-14-28(41)42)35-29(43)25-20-27(40(36-25)23-8-5-4-6-9-23)49-21(2)31(45)39-15-7-10-26(39)30(44)34-22-11-12-22/h4-6,8-9,20-22,24,26H,3,7,10-19H2,1-2H3,(H,34,44)(H,35,43)(H,41,42)/t21?,24-,26-/m0/s1. The van der Waals surface area contributed by atoms with Gasteiger partial charge < -0.3 is 39.9 Å². The molecule has 5 amide bonds. The zero-order valence-corrected chi connectivity index (χ0v) is 27.7. The molecule has 0 radical (unpaired) electrons. The molecule has 2 aromatic rings. The second-order valence-corrected chi connectivity index (χ2v) is 12.3. The molecule has 1 aromatic heterocycles. The molecule has 3 atom stereocenters. The minimum Gasteiger partial charge on any atom is -0.481 e. The van der Waals surface area contributed by atoms with E-state index in [9.17, 15) is 33.9 Å². The van der Waals surface area contributed by atoms with Crippen LogP contribution in [0.4, 0.5) is 4.79 Å². The normalized spacial score (nSPS) is 18.7. The fourth-order valence-electron chi connectivity index (χ4n) is 5.91. The topological polar surface area (TPSA) is 193 Å². The smallest absolute Gasteiger partial charge is 0.409 e. The van der Waals surface area contributed by atoms with E-state index in [2.05, 4.69) is 15.7 Å². The van der Waals surface area contributed by atoms with E-state index in [1.54, 1.807) is 44.2 Å². The molecular formula is C33H43N7O9. The number of piperazine rings is 1. The number of aromatic nitrogens is 2. The molecule has 1 unspecified atom stereocenters. The summed E-state index contributed by atoms with van der Waals surface area (Å²) in [6.45, 7) is 4.74. The summed E-state index contributed by atoms with van der Waals surface area (Å²) in [5, 5.41) is 19.4. The van der Waals surface area contributed by atoms with E-state index in [0.29, 0.717) is 25.1 Å². The number of nitrogens with one attached hydrogen (secondary N) is 2. The molecule has 1 aromatic carbocycles. The van der Waals surface area contributed by atoms with Crippen LogP contribution in [0.2, 0.25) is 0 Å². The Morgan fingerprint density at radius 2 is 1.65 bits per heavy atom. The fraction of sp³-hybridized carbons (Fsp3) is 0.545. The van der Waals surface area contributed by atoms with E-state index >= 15 is 0 Å². The van der Waals surface area contributed by atoms with Crippen molar-refractivity contribution in [3.63, 3.8) is 0 Å². The van der Waals surface area contributed by atoms with Gasteiger partial charge in [-0.3, -0.25) is 24.0 Å². The highest BCUT2D eigenvalue weighted by Crippen LogP contribution is 2.25. The molecular weight excluding hydrogens is 638 g/mol. The number of rotatable bonds is 13. The van der Waals surface area contributed by atoms with E-state index < -0.39 is 42.1 Å². The van der Waals surface area contributed by atoms with Gasteiger partial charge in [-0.1, -0.05) is 18.2 Å². The third-order valence-corrected chi connectivity index (χ3v) is 8.69. The number of carbonyl (C=O) groups excluding carboxylic acids is 5. The number of amides is 5. The summed E-state index contributed by atoms with van der Waals surface area (Å²) in [7, 11) is 0. The van der Waals surface area contributed by atoms with Gasteiger partial charge in [-0.05, 0) is 58.1 Å². The summed E-state index contributed by atoms with van der Waals surface area (Å²) in [6, 6.07) is 8.58.